The molecule has 1 saturated heterocycles. The van der Waals surface area contributed by atoms with Crippen molar-refractivity contribution in [2.75, 3.05) is 17.7 Å². The molecule has 0 spiro atoms. The topological polar surface area (TPSA) is 86.1 Å². The highest BCUT2D eigenvalue weighted by Gasteiger charge is 2.22. The molecule has 1 aromatic carbocycles. The zero-order valence-corrected chi connectivity index (χ0v) is 20.2. The maximum atomic E-state index is 13.4. The van der Waals surface area contributed by atoms with E-state index >= 15 is 0 Å². The summed E-state index contributed by atoms with van der Waals surface area (Å²) in [5, 5.41) is 4.80. The van der Waals surface area contributed by atoms with Crippen LogP contribution in [0.1, 0.15) is 18.4 Å². The highest BCUT2D eigenvalue weighted by molar-refractivity contribution is 7.99. The highest BCUT2D eigenvalue weighted by atomic mass is 35.5. The van der Waals surface area contributed by atoms with Crippen LogP contribution in [0.25, 0.3) is 20.4 Å². The monoisotopic (exact) mass is 500 g/mol. The number of aromatic nitrogens is 3. The molecule has 7 nitrogen and oxygen atoms in total. The van der Waals surface area contributed by atoms with Crippen LogP contribution in [0, 0.1) is 6.92 Å². The first kappa shape index (κ1) is 22.3. The third-order valence-corrected chi connectivity index (χ3v) is 7.84. The summed E-state index contributed by atoms with van der Waals surface area (Å²) in [5.74, 6) is -0.0874. The minimum atomic E-state index is -0.194. The van der Waals surface area contributed by atoms with Crippen LogP contribution in [0.2, 0.25) is 5.02 Å². The Balaban J connectivity index is 1.47. The van der Waals surface area contributed by atoms with Gasteiger partial charge in [0.25, 0.3) is 5.56 Å². The largest absolute Gasteiger partial charge is 0.376 e. The smallest absolute Gasteiger partial charge is 0.272 e. The fourth-order valence-corrected chi connectivity index (χ4v) is 5.85. The lowest BCUT2D eigenvalue weighted by Gasteiger charge is -2.16. The Morgan fingerprint density at radius 2 is 2.27 bits per heavy atom. The van der Waals surface area contributed by atoms with Crippen LogP contribution in [-0.2, 0) is 16.1 Å². The van der Waals surface area contributed by atoms with E-state index in [9.17, 15) is 9.59 Å². The standard InChI is InChI=1S/C23H21ClN4O3S2/c1-13-6-7-14(24)10-17(13)26-18(29)12-32-23-27-19-16-5-2-8-25-21(16)33-20(19)22(30)28(23)11-15-4-3-9-31-15/h2,5-8,10,15H,3-4,9,11-12H2,1H3,(H,26,29). The van der Waals surface area contributed by atoms with Gasteiger partial charge in [-0.1, -0.05) is 29.4 Å². The quantitative estimate of drug-likeness (QED) is 0.300. The van der Waals surface area contributed by atoms with Gasteiger partial charge in [0.15, 0.2) is 5.16 Å². The molecule has 0 aliphatic carbocycles. The second-order valence-corrected chi connectivity index (χ2v) is 10.3. The van der Waals surface area contributed by atoms with Crippen LogP contribution in [0.5, 0.6) is 0 Å². The van der Waals surface area contributed by atoms with Crippen molar-refractivity contribution in [3.05, 3.63) is 57.5 Å². The molecule has 0 saturated carbocycles. The predicted molar refractivity (Wildman–Crippen MR) is 134 cm³/mol. The number of carbonyl (C=O) groups is 1. The number of thiophene rings is 1. The number of thioether (sulfide) groups is 1. The number of nitrogens with zero attached hydrogens (tertiary/aromatic N) is 3. The van der Waals surface area contributed by atoms with Crippen molar-refractivity contribution in [1.29, 1.82) is 0 Å². The van der Waals surface area contributed by atoms with E-state index in [1.807, 2.05) is 25.1 Å². The number of fused-ring (bicyclic) bond motifs is 3. The number of rotatable bonds is 6. The van der Waals surface area contributed by atoms with Crippen molar-refractivity contribution in [3.8, 4) is 0 Å². The molecule has 4 heterocycles. The van der Waals surface area contributed by atoms with E-state index in [2.05, 4.69) is 10.3 Å². The van der Waals surface area contributed by atoms with E-state index in [1.165, 1.54) is 23.1 Å². The van der Waals surface area contributed by atoms with Gasteiger partial charge >= 0.3 is 0 Å². The number of hydrogen-bond donors (Lipinski definition) is 1. The van der Waals surface area contributed by atoms with Crippen molar-refractivity contribution in [2.24, 2.45) is 0 Å². The number of pyridine rings is 1. The summed E-state index contributed by atoms with van der Waals surface area (Å²) in [4.78, 5) is 36.1. The molecule has 1 atom stereocenters. The van der Waals surface area contributed by atoms with E-state index in [-0.39, 0.29) is 23.3 Å². The fourth-order valence-electron chi connectivity index (χ4n) is 3.85. The molecular weight excluding hydrogens is 480 g/mol. The number of carbonyl (C=O) groups excluding carboxylic acids is 1. The van der Waals surface area contributed by atoms with Crippen molar-refractivity contribution in [2.45, 2.75) is 37.6 Å². The van der Waals surface area contributed by atoms with Crippen molar-refractivity contribution in [3.63, 3.8) is 0 Å². The predicted octanol–water partition coefficient (Wildman–Crippen LogP) is 4.88. The number of hydrogen-bond acceptors (Lipinski definition) is 7. The van der Waals surface area contributed by atoms with Gasteiger partial charge in [0.2, 0.25) is 5.91 Å². The Kier molecular flexibility index (Phi) is 6.38. The first-order valence-corrected chi connectivity index (χ1v) is 12.8. The first-order chi connectivity index (χ1) is 16.0. The van der Waals surface area contributed by atoms with Gasteiger partial charge in [-0.15, -0.1) is 11.3 Å². The second-order valence-electron chi connectivity index (χ2n) is 7.88. The first-order valence-electron chi connectivity index (χ1n) is 10.6. The number of halogens is 1. The summed E-state index contributed by atoms with van der Waals surface area (Å²) in [6.07, 6.45) is 3.56. The Bertz CT molecular complexity index is 1410. The molecule has 170 valence electrons. The Labute approximate surface area is 203 Å². The molecule has 1 N–H and O–H groups in total. The van der Waals surface area contributed by atoms with Gasteiger partial charge in [0.05, 0.1) is 23.9 Å². The fraction of sp³-hybridized carbons (Fsp3) is 0.304. The van der Waals surface area contributed by atoms with E-state index in [0.717, 1.165) is 28.6 Å². The molecule has 0 radical (unpaired) electrons. The summed E-state index contributed by atoms with van der Waals surface area (Å²) in [7, 11) is 0. The number of aryl methyl sites for hydroxylation is 1. The molecule has 10 heteroatoms. The lowest BCUT2D eigenvalue weighted by atomic mass is 10.2. The Morgan fingerprint density at radius 1 is 1.39 bits per heavy atom. The number of anilines is 1. The number of nitrogens with one attached hydrogen (secondary N) is 1. The van der Waals surface area contributed by atoms with Crippen LogP contribution in [0.15, 0.2) is 46.5 Å². The summed E-state index contributed by atoms with van der Waals surface area (Å²) in [5.41, 5.74) is 2.10. The van der Waals surface area contributed by atoms with Gasteiger partial charge in [-0.2, -0.15) is 0 Å². The van der Waals surface area contributed by atoms with E-state index in [0.29, 0.717) is 39.2 Å². The molecule has 0 bridgehead atoms. The normalized spacial score (nSPS) is 16.0. The van der Waals surface area contributed by atoms with Gasteiger partial charge in [0, 0.05) is 28.9 Å². The highest BCUT2D eigenvalue weighted by Crippen LogP contribution is 2.31. The van der Waals surface area contributed by atoms with E-state index < -0.39 is 0 Å². The third-order valence-electron chi connectivity index (χ3n) is 5.53. The van der Waals surface area contributed by atoms with Crippen LogP contribution < -0.4 is 10.9 Å². The molecule has 4 aromatic rings. The molecule has 1 aliphatic heterocycles. The maximum absolute atomic E-state index is 13.4. The van der Waals surface area contributed by atoms with E-state index in [4.69, 9.17) is 21.3 Å². The average molecular weight is 501 g/mol. The minimum absolute atomic E-state index is 0.0308. The summed E-state index contributed by atoms with van der Waals surface area (Å²) >= 11 is 8.66. The maximum Gasteiger partial charge on any atom is 0.272 e. The van der Waals surface area contributed by atoms with Crippen molar-refractivity contribution >= 4 is 66.7 Å². The number of benzene rings is 1. The Hall–Kier alpha value is -2.46. The van der Waals surface area contributed by atoms with Crippen LogP contribution >= 0.6 is 34.7 Å². The van der Waals surface area contributed by atoms with Crippen LogP contribution in [0.4, 0.5) is 5.69 Å². The average Bonchev–Trinajstić information content (AvgIpc) is 3.45. The van der Waals surface area contributed by atoms with Crippen molar-refractivity contribution in [1.82, 2.24) is 14.5 Å². The molecule has 1 amide bonds. The van der Waals surface area contributed by atoms with Crippen LogP contribution in [0.3, 0.4) is 0 Å². The van der Waals surface area contributed by atoms with Crippen molar-refractivity contribution < 1.29 is 9.53 Å². The molecular formula is C23H21ClN4O3S2. The summed E-state index contributed by atoms with van der Waals surface area (Å²) in [6, 6.07) is 9.12. The molecule has 1 unspecified atom stereocenters. The molecule has 5 rings (SSSR count). The number of ether oxygens (including phenoxy) is 1. The van der Waals surface area contributed by atoms with Gasteiger partial charge in [-0.25, -0.2) is 9.97 Å². The van der Waals surface area contributed by atoms with E-state index in [1.54, 1.807) is 22.9 Å². The number of amides is 1. The van der Waals surface area contributed by atoms with Crippen LogP contribution in [-0.4, -0.2) is 38.9 Å². The zero-order chi connectivity index (χ0) is 22.9. The van der Waals surface area contributed by atoms with Gasteiger partial charge in [-0.05, 0) is 49.6 Å². The second kappa shape index (κ2) is 9.42. The lowest BCUT2D eigenvalue weighted by Crippen LogP contribution is -2.28. The minimum Gasteiger partial charge on any atom is -0.376 e. The van der Waals surface area contributed by atoms with Gasteiger partial charge in [0.1, 0.15) is 9.53 Å². The third kappa shape index (κ3) is 4.63. The molecule has 3 aromatic heterocycles. The lowest BCUT2D eigenvalue weighted by molar-refractivity contribution is -0.113. The molecule has 1 aliphatic rings. The van der Waals surface area contributed by atoms with Gasteiger partial charge < -0.3 is 10.1 Å². The summed E-state index contributed by atoms with van der Waals surface area (Å²) < 4.78 is 7.99. The van der Waals surface area contributed by atoms with Gasteiger partial charge in [-0.3, -0.25) is 14.2 Å². The molecule has 33 heavy (non-hydrogen) atoms. The zero-order valence-electron chi connectivity index (χ0n) is 17.8. The molecule has 1 fully saturated rings. The SMILES string of the molecule is Cc1ccc(Cl)cc1NC(=O)CSc1nc2c(sc3ncccc32)c(=O)n1CC1CCCO1. The Morgan fingerprint density at radius 3 is 3.09 bits per heavy atom. The summed E-state index contributed by atoms with van der Waals surface area (Å²) in [6.45, 7) is 3.02.